The van der Waals surface area contributed by atoms with E-state index >= 15 is 0 Å². The van der Waals surface area contributed by atoms with Crippen molar-refractivity contribution in [3.05, 3.63) is 0 Å². The van der Waals surface area contributed by atoms with Gasteiger partial charge in [0, 0.05) is 18.8 Å². The van der Waals surface area contributed by atoms with Gasteiger partial charge in [0.05, 0.1) is 5.92 Å². The highest BCUT2D eigenvalue weighted by molar-refractivity contribution is 5.78. The Hall–Kier alpha value is -1.87. The lowest BCUT2D eigenvalue weighted by Crippen LogP contribution is -2.10. The van der Waals surface area contributed by atoms with Crippen molar-refractivity contribution in [3.63, 3.8) is 0 Å². The Balaban J connectivity index is 0. The summed E-state index contributed by atoms with van der Waals surface area (Å²) in [5.74, 6) is 4.32. The van der Waals surface area contributed by atoms with Gasteiger partial charge in [-0.2, -0.15) is 0 Å². The zero-order valence-electron chi connectivity index (χ0n) is 28.5. The molecule has 0 aromatic rings. The first-order chi connectivity index (χ1) is 20.6. The molecule has 3 atom stereocenters. The number of ketones is 1. The van der Waals surface area contributed by atoms with E-state index in [4.69, 9.17) is 10.2 Å². The molecule has 0 saturated carbocycles. The number of unbranched alkanes of at least 4 members (excludes halogenated alkanes) is 17. The Labute approximate surface area is 265 Å². The first-order valence-corrected chi connectivity index (χ1v) is 17.8. The van der Waals surface area contributed by atoms with Crippen LogP contribution >= 0.6 is 0 Å². The standard InChI is InChI=1S/C19H32O4.C18H36O2/c1-3-4-7-13-18(21)14-10-12-17(16(2)20)11-8-5-6-9-15-19(22)23;1-3-4-5-6-7-8-9-10-11-12-13-14-15-16-17(2)18(19)20/h17-18,21H,3-9,11-13,15H2,1-2H3,(H,22,23);17H,3-16H2,1-2H3,(H,19,20). The smallest absolute Gasteiger partial charge is 0.306 e. The number of carbonyl (C=O) groups is 3. The minimum absolute atomic E-state index is 0.0650. The van der Waals surface area contributed by atoms with Crippen LogP contribution in [0.1, 0.15) is 188 Å². The van der Waals surface area contributed by atoms with Crippen LogP contribution in [0, 0.1) is 23.7 Å². The Morgan fingerprint density at radius 3 is 1.49 bits per heavy atom. The molecule has 0 aliphatic carbocycles. The zero-order valence-corrected chi connectivity index (χ0v) is 28.5. The molecule has 0 aliphatic rings. The minimum Gasteiger partial charge on any atom is -0.481 e. The Morgan fingerprint density at radius 1 is 0.605 bits per heavy atom. The number of rotatable bonds is 28. The fourth-order valence-electron chi connectivity index (χ4n) is 5.02. The highest BCUT2D eigenvalue weighted by Gasteiger charge is 2.12. The lowest BCUT2D eigenvalue weighted by atomic mass is 9.94. The van der Waals surface area contributed by atoms with E-state index in [-0.39, 0.29) is 24.0 Å². The molecule has 252 valence electrons. The van der Waals surface area contributed by atoms with Crippen molar-refractivity contribution in [1.29, 1.82) is 0 Å². The molecule has 6 heteroatoms. The number of aliphatic hydroxyl groups is 1. The van der Waals surface area contributed by atoms with Crippen LogP contribution in [-0.2, 0) is 14.4 Å². The van der Waals surface area contributed by atoms with Crippen LogP contribution < -0.4 is 0 Å². The average Bonchev–Trinajstić information content (AvgIpc) is 2.96. The van der Waals surface area contributed by atoms with Gasteiger partial charge >= 0.3 is 11.9 Å². The number of carboxylic acids is 2. The quantitative estimate of drug-likeness (QED) is 0.0602. The van der Waals surface area contributed by atoms with Crippen molar-refractivity contribution in [2.75, 3.05) is 0 Å². The SMILES string of the molecule is CCCCCC(O)C#CCC(CCCCCCC(=O)O)C(C)=O.CCCCCCCCCCCCCCCC(C)C(=O)O. The monoisotopic (exact) mass is 609 g/mol. The predicted octanol–water partition coefficient (Wildman–Crippen LogP) is 10.1. The largest absolute Gasteiger partial charge is 0.481 e. The van der Waals surface area contributed by atoms with Gasteiger partial charge in [-0.05, 0) is 39.0 Å². The summed E-state index contributed by atoms with van der Waals surface area (Å²) < 4.78 is 0. The number of aliphatic hydroxyl groups excluding tert-OH is 1. The van der Waals surface area contributed by atoms with E-state index in [1.54, 1.807) is 6.92 Å². The molecule has 3 N–H and O–H groups in total. The second-order valence-corrected chi connectivity index (χ2v) is 12.5. The van der Waals surface area contributed by atoms with Gasteiger partial charge in [-0.3, -0.25) is 14.4 Å². The maximum Gasteiger partial charge on any atom is 0.306 e. The molecular formula is C37H68O6. The Kier molecular flexibility index (Phi) is 33.2. The van der Waals surface area contributed by atoms with Gasteiger partial charge in [0.15, 0.2) is 0 Å². The number of hydrogen-bond donors (Lipinski definition) is 3. The van der Waals surface area contributed by atoms with Gasteiger partial charge in [-0.25, -0.2) is 0 Å². The number of Topliss-reactive ketones (excluding diaryl/α,β-unsaturated/α-hetero) is 1. The maximum absolute atomic E-state index is 11.6. The highest BCUT2D eigenvalue weighted by atomic mass is 16.4. The summed E-state index contributed by atoms with van der Waals surface area (Å²) in [6.07, 6.45) is 26.6. The van der Waals surface area contributed by atoms with Crippen LogP contribution in [0.4, 0.5) is 0 Å². The van der Waals surface area contributed by atoms with E-state index in [2.05, 4.69) is 25.7 Å². The van der Waals surface area contributed by atoms with Crippen LogP contribution in [0.15, 0.2) is 0 Å². The van der Waals surface area contributed by atoms with Crippen LogP contribution in [-0.4, -0.2) is 39.1 Å². The Morgan fingerprint density at radius 2 is 1.02 bits per heavy atom. The van der Waals surface area contributed by atoms with Gasteiger partial charge in [-0.15, -0.1) is 0 Å². The third-order valence-electron chi connectivity index (χ3n) is 8.13. The van der Waals surface area contributed by atoms with E-state index in [9.17, 15) is 19.5 Å². The van der Waals surface area contributed by atoms with E-state index in [1.165, 1.54) is 77.0 Å². The number of aliphatic carboxylic acids is 2. The molecule has 0 saturated heterocycles. The van der Waals surface area contributed by atoms with Gasteiger partial charge in [0.2, 0.25) is 0 Å². The summed E-state index contributed by atoms with van der Waals surface area (Å²) >= 11 is 0. The van der Waals surface area contributed by atoms with Crippen molar-refractivity contribution in [3.8, 4) is 11.8 Å². The van der Waals surface area contributed by atoms with Crippen molar-refractivity contribution in [2.45, 2.75) is 194 Å². The minimum atomic E-state index is -0.751. The molecule has 0 aromatic heterocycles. The fraction of sp³-hybridized carbons (Fsp3) is 0.865. The fourth-order valence-corrected chi connectivity index (χ4v) is 5.02. The molecule has 0 radical (unpaired) electrons. The van der Waals surface area contributed by atoms with E-state index < -0.39 is 18.0 Å². The Bertz CT molecular complexity index is 722. The lowest BCUT2D eigenvalue weighted by molar-refractivity contribution is -0.141. The molecule has 43 heavy (non-hydrogen) atoms. The molecule has 0 heterocycles. The summed E-state index contributed by atoms with van der Waals surface area (Å²) in [7, 11) is 0. The molecule has 0 bridgehead atoms. The van der Waals surface area contributed by atoms with Gasteiger partial charge in [0.25, 0.3) is 0 Å². The van der Waals surface area contributed by atoms with Crippen molar-refractivity contribution in [1.82, 2.24) is 0 Å². The number of hydrogen-bond acceptors (Lipinski definition) is 4. The third kappa shape index (κ3) is 34.5. The normalized spacial score (nSPS) is 12.8. The molecule has 0 aliphatic heterocycles. The van der Waals surface area contributed by atoms with E-state index in [0.29, 0.717) is 19.3 Å². The summed E-state index contributed by atoms with van der Waals surface area (Å²) in [6, 6.07) is 0. The highest BCUT2D eigenvalue weighted by Crippen LogP contribution is 2.17. The first-order valence-electron chi connectivity index (χ1n) is 17.8. The molecule has 0 rings (SSSR count). The summed E-state index contributed by atoms with van der Waals surface area (Å²) in [6.45, 7) is 7.79. The third-order valence-corrected chi connectivity index (χ3v) is 8.13. The molecule has 0 amide bonds. The zero-order chi connectivity index (χ0) is 32.6. The van der Waals surface area contributed by atoms with Crippen LogP contribution in [0.5, 0.6) is 0 Å². The van der Waals surface area contributed by atoms with Crippen molar-refractivity contribution < 1.29 is 29.7 Å². The van der Waals surface area contributed by atoms with Gasteiger partial charge in [0.1, 0.15) is 11.9 Å². The van der Waals surface area contributed by atoms with Crippen molar-refractivity contribution in [2.24, 2.45) is 11.8 Å². The summed E-state index contributed by atoms with van der Waals surface area (Å²) in [5, 5.41) is 27.1. The lowest BCUT2D eigenvalue weighted by Gasteiger charge is -2.10. The predicted molar refractivity (Wildman–Crippen MR) is 179 cm³/mol. The van der Waals surface area contributed by atoms with Crippen LogP contribution in [0.25, 0.3) is 0 Å². The second kappa shape index (κ2) is 33.0. The summed E-state index contributed by atoms with van der Waals surface area (Å²) in [5.41, 5.74) is 0. The molecule has 6 nitrogen and oxygen atoms in total. The average molecular weight is 609 g/mol. The number of carbonyl (C=O) groups excluding carboxylic acids is 1. The second-order valence-electron chi connectivity index (χ2n) is 12.5. The van der Waals surface area contributed by atoms with E-state index in [0.717, 1.165) is 57.8 Å². The number of carboxylic acid groups (broad SMARTS) is 2. The maximum atomic E-state index is 11.6. The molecule has 0 fully saturated rings. The topological polar surface area (TPSA) is 112 Å². The van der Waals surface area contributed by atoms with Gasteiger partial charge < -0.3 is 15.3 Å². The van der Waals surface area contributed by atoms with Crippen LogP contribution in [0.2, 0.25) is 0 Å². The van der Waals surface area contributed by atoms with Gasteiger partial charge in [-0.1, -0.05) is 148 Å². The molecule has 3 unspecified atom stereocenters. The van der Waals surface area contributed by atoms with Crippen LogP contribution in [0.3, 0.4) is 0 Å². The molecule has 0 spiro atoms. The molecule has 0 aromatic carbocycles. The van der Waals surface area contributed by atoms with Crippen molar-refractivity contribution >= 4 is 17.7 Å². The van der Waals surface area contributed by atoms with E-state index in [1.807, 2.05) is 6.92 Å². The summed E-state index contributed by atoms with van der Waals surface area (Å²) in [4.78, 5) is 32.7. The first kappa shape index (κ1) is 43.3. The molecular weight excluding hydrogens is 540 g/mol.